The summed E-state index contributed by atoms with van der Waals surface area (Å²) in [6.45, 7) is 2.93. The summed E-state index contributed by atoms with van der Waals surface area (Å²) in [4.78, 5) is 25.6. The smallest absolute Gasteiger partial charge is 0.264 e. The molecule has 1 saturated heterocycles. The quantitative estimate of drug-likeness (QED) is 0.831. The molecule has 0 bridgehead atoms. The molecule has 0 aromatic carbocycles. The zero-order valence-electron chi connectivity index (χ0n) is 10.7. The molecule has 2 aromatic heterocycles. The van der Waals surface area contributed by atoms with Gasteiger partial charge in [0.15, 0.2) is 0 Å². The van der Waals surface area contributed by atoms with Gasteiger partial charge in [0.1, 0.15) is 0 Å². The Morgan fingerprint density at radius 3 is 2.50 bits per heavy atom. The molecule has 0 saturated carbocycles. The molecular formula is C13H13BrN4OS. The fourth-order valence-electron chi connectivity index (χ4n) is 2.13. The molecule has 0 atom stereocenters. The first-order valence-electron chi connectivity index (χ1n) is 6.29. The Hall–Kier alpha value is -1.47. The van der Waals surface area contributed by atoms with E-state index in [2.05, 4.69) is 30.8 Å². The first-order valence-corrected chi connectivity index (χ1v) is 7.96. The summed E-state index contributed by atoms with van der Waals surface area (Å²) in [7, 11) is 0. The molecule has 0 N–H and O–H groups in total. The standard InChI is InChI=1S/C13H13BrN4OS/c14-10-8-15-13(16-9-10)18-5-3-17(4-6-18)12(19)11-2-1-7-20-11/h1-2,7-9H,3-6H2. The molecule has 7 heteroatoms. The molecule has 1 aliphatic rings. The average Bonchev–Trinajstić information content (AvgIpc) is 3.02. The maximum Gasteiger partial charge on any atom is 0.264 e. The van der Waals surface area contributed by atoms with Gasteiger partial charge in [0.2, 0.25) is 5.95 Å². The first-order chi connectivity index (χ1) is 9.74. The van der Waals surface area contributed by atoms with Crippen LogP contribution in [-0.4, -0.2) is 47.0 Å². The van der Waals surface area contributed by atoms with Crippen molar-refractivity contribution in [1.82, 2.24) is 14.9 Å². The van der Waals surface area contributed by atoms with Gasteiger partial charge in [-0.1, -0.05) is 6.07 Å². The number of rotatable bonds is 2. The normalized spacial score (nSPS) is 15.4. The number of thiophene rings is 1. The predicted octanol–water partition coefficient (Wildman–Crippen LogP) is 2.26. The van der Waals surface area contributed by atoms with Crippen LogP contribution in [0.5, 0.6) is 0 Å². The van der Waals surface area contributed by atoms with Crippen LogP contribution in [0.3, 0.4) is 0 Å². The number of hydrogen-bond donors (Lipinski definition) is 0. The molecule has 1 aliphatic heterocycles. The fourth-order valence-corrected chi connectivity index (χ4v) is 3.03. The van der Waals surface area contributed by atoms with Gasteiger partial charge in [0, 0.05) is 38.6 Å². The highest BCUT2D eigenvalue weighted by molar-refractivity contribution is 9.10. The van der Waals surface area contributed by atoms with Gasteiger partial charge in [0.05, 0.1) is 9.35 Å². The molecule has 3 heterocycles. The van der Waals surface area contributed by atoms with Crippen molar-refractivity contribution in [1.29, 1.82) is 0 Å². The van der Waals surface area contributed by atoms with Crippen molar-refractivity contribution in [3.05, 3.63) is 39.3 Å². The van der Waals surface area contributed by atoms with Crippen LogP contribution in [0.15, 0.2) is 34.4 Å². The average molecular weight is 353 g/mol. The minimum atomic E-state index is 0.122. The van der Waals surface area contributed by atoms with E-state index in [-0.39, 0.29) is 5.91 Å². The zero-order chi connectivity index (χ0) is 13.9. The van der Waals surface area contributed by atoms with Gasteiger partial charge in [-0.05, 0) is 27.4 Å². The summed E-state index contributed by atoms with van der Waals surface area (Å²) in [5.41, 5.74) is 0. The number of halogens is 1. The Morgan fingerprint density at radius 2 is 1.90 bits per heavy atom. The molecule has 0 radical (unpaired) electrons. The summed E-state index contributed by atoms with van der Waals surface area (Å²) >= 11 is 4.81. The van der Waals surface area contributed by atoms with E-state index in [1.54, 1.807) is 12.4 Å². The van der Waals surface area contributed by atoms with E-state index in [9.17, 15) is 4.79 Å². The predicted molar refractivity (Wildman–Crippen MR) is 82.2 cm³/mol. The maximum atomic E-state index is 12.2. The lowest BCUT2D eigenvalue weighted by Crippen LogP contribution is -2.49. The molecule has 104 valence electrons. The van der Waals surface area contributed by atoms with E-state index in [0.717, 1.165) is 28.4 Å². The lowest BCUT2D eigenvalue weighted by atomic mass is 10.3. The third-order valence-electron chi connectivity index (χ3n) is 3.19. The third kappa shape index (κ3) is 2.83. The van der Waals surface area contributed by atoms with Gasteiger partial charge in [0.25, 0.3) is 5.91 Å². The highest BCUT2D eigenvalue weighted by Gasteiger charge is 2.23. The molecule has 2 aromatic rings. The zero-order valence-corrected chi connectivity index (χ0v) is 13.1. The highest BCUT2D eigenvalue weighted by atomic mass is 79.9. The minimum absolute atomic E-state index is 0.122. The number of piperazine rings is 1. The molecule has 0 unspecified atom stereocenters. The second-order valence-electron chi connectivity index (χ2n) is 4.46. The van der Waals surface area contributed by atoms with Crippen molar-refractivity contribution in [2.45, 2.75) is 0 Å². The van der Waals surface area contributed by atoms with Gasteiger partial charge in [-0.15, -0.1) is 11.3 Å². The van der Waals surface area contributed by atoms with Crippen molar-refractivity contribution < 1.29 is 4.79 Å². The first kappa shape index (κ1) is 13.5. The fraction of sp³-hybridized carbons (Fsp3) is 0.308. The number of nitrogens with zero attached hydrogens (tertiary/aromatic N) is 4. The molecular weight excluding hydrogens is 340 g/mol. The van der Waals surface area contributed by atoms with Gasteiger partial charge < -0.3 is 9.80 Å². The van der Waals surface area contributed by atoms with Crippen LogP contribution < -0.4 is 4.90 Å². The van der Waals surface area contributed by atoms with E-state index in [1.165, 1.54) is 11.3 Å². The Bertz CT molecular complexity index is 579. The maximum absolute atomic E-state index is 12.2. The molecule has 5 nitrogen and oxygen atoms in total. The molecule has 1 fully saturated rings. The van der Waals surface area contributed by atoms with Crippen LogP contribution in [0.1, 0.15) is 9.67 Å². The largest absolute Gasteiger partial charge is 0.337 e. The summed E-state index contributed by atoms with van der Waals surface area (Å²) in [5, 5.41) is 1.93. The topological polar surface area (TPSA) is 49.3 Å². The van der Waals surface area contributed by atoms with E-state index < -0.39 is 0 Å². The Morgan fingerprint density at radius 1 is 1.20 bits per heavy atom. The monoisotopic (exact) mass is 352 g/mol. The van der Waals surface area contributed by atoms with Crippen LogP contribution in [0.2, 0.25) is 0 Å². The van der Waals surface area contributed by atoms with Crippen molar-refractivity contribution in [2.24, 2.45) is 0 Å². The molecule has 1 amide bonds. The van der Waals surface area contributed by atoms with Crippen molar-refractivity contribution in [2.75, 3.05) is 31.1 Å². The van der Waals surface area contributed by atoms with E-state index in [0.29, 0.717) is 13.1 Å². The Balaban J connectivity index is 1.62. The minimum Gasteiger partial charge on any atom is -0.337 e. The van der Waals surface area contributed by atoms with E-state index in [4.69, 9.17) is 0 Å². The highest BCUT2D eigenvalue weighted by Crippen LogP contribution is 2.16. The third-order valence-corrected chi connectivity index (χ3v) is 4.46. The second kappa shape index (κ2) is 5.88. The van der Waals surface area contributed by atoms with Crippen molar-refractivity contribution in [3.8, 4) is 0 Å². The van der Waals surface area contributed by atoms with Gasteiger partial charge >= 0.3 is 0 Å². The number of amides is 1. The van der Waals surface area contributed by atoms with Crippen molar-refractivity contribution in [3.63, 3.8) is 0 Å². The Kier molecular flexibility index (Phi) is 3.98. The lowest BCUT2D eigenvalue weighted by Gasteiger charge is -2.34. The second-order valence-corrected chi connectivity index (χ2v) is 6.32. The van der Waals surface area contributed by atoms with Crippen LogP contribution in [0.4, 0.5) is 5.95 Å². The summed E-state index contributed by atoms with van der Waals surface area (Å²) < 4.78 is 0.868. The Labute approximate surface area is 129 Å². The van der Waals surface area contributed by atoms with Crippen LogP contribution in [0, 0.1) is 0 Å². The van der Waals surface area contributed by atoms with Gasteiger partial charge in [-0.2, -0.15) is 0 Å². The van der Waals surface area contributed by atoms with Crippen LogP contribution >= 0.6 is 27.3 Å². The number of carbonyl (C=O) groups excluding carboxylic acids is 1. The number of anilines is 1. The number of hydrogen-bond acceptors (Lipinski definition) is 5. The molecule has 3 rings (SSSR count). The molecule has 0 spiro atoms. The summed E-state index contributed by atoms with van der Waals surface area (Å²) in [6.07, 6.45) is 3.48. The summed E-state index contributed by atoms with van der Waals surface area (Å²) in [5.74, 6) is 0.841. The SMILES string of the molecule is O=C(c1cccs1)N1CCN(c2ncc(Br)cn2)CC1. The summed E-state index contributed by atoms with van der Waals surface area (Å²) in [6, 6.07) is 3.78. The van der Waals surface area contributed by atoms with E-state index >= 15 is 0 Å². The van der Waals surface area contributed by atoms with E-state index in [1.807, 2.05) is 22.4 Å². The number of carbonyl (C=O) groups is 1. The van der Waals surface area contributed by atoms with Crippen LogP contribution in [0.25, 0.3) is 0 Å². The van der Waals surface area contributed by atoms with Gasteiger partial charge in [-0.25, -0.2) is 9.97 Å². The van der Waals surface area contributed by atoms with Crippen LogP contribution in [-0.2, 0) is 0 Å². The molecule has 0 aliphatic carbocycles. The van der Waals surface area contributed by atoms with Gasteiger partial charge in [-0.3, -0.25) is 4.79 Å². The lowest BCUT2D eigenvalue weighted by molar-refractivity contribution is 0.0751. The molecule has 20 heavy (non-hydrogen) atoms. The number of aromatic nitrogens is 2. The van der Waals surface area contributed by atoms with Crippen molar-refractivity contribution >= 4 is 39.1 Å².